The largest absolute Gasteiger partial charge is 0.351 e. The second-order valence-corrected chi connectivity index (χ2v) is 9.26. The zero-order chi connectivity index (χ0) is 23.8. The maximum atomic E-state index is 5.90. The van der Waals surface area contributed by atoms with Crippen LogP contribution in [0.2, 0.25) is 0 Å². The lowest BCUT2D eigenvalue weighted by molar-refractivity contribution is 0.565. The van der Waals surface area contributed by atoms with Gasteiger partial charge in [0.15, 0.2) is 5.11 Å². The maximum Gasteiger partial charge on any atom is 0.174 e. The summed E-state index contributed by atoms with van der Waals surface area (Å²) in [4.78, 5) is 11.6. The number of pyridine rings is 2. The predicted octanol–water partition coefficient (Wildman–Crippen LogP) is 5.93. The van der Waals surface area contributed by atoms with E-state index in [1.54, 1.807) is 0 Å². The van der Waals surface area contributed by atoms with Gasteiger partial charge in [0, 0.05) is 29.5 Å². The van der Waals surface area contributed by atoms with Gasteiger partial charge in [-0.05, 0) is 98.6 Å². The molecule has 1 fully saturated rings. The van der Waals surface area contributed by atoms with Gasteiger partial charge in [-0.2, -0.15) is 0 Å². The van der Waals surface area contributed by atoms with Crippen LogP contribution in [0.5, 0.6) is 0 Å². The fraction of sp³-hybridized carbons (Fsp3) is 0.250. The lowest BCUT2D eigenvalue weighted by Crippen LogP contribution is -2.29. The first kappa shape index (κ1) is 22.3. The van der Waals surface area contributed by atoms with Crippen molar-refractivity contribution in [2.45, 2.75) is 46.2 Å². The van der Waals surface area contributed by atoms with Crippen LogP contribution >= 0.6 is 12.2 Å². The Morgan fingerprint density at radius 1 is 0.941 bits per heavy atom. The van der Waals surface area contributed by atoms with Gasteiger partial charge in [-0.25, -0.2) is 4.98 Å². The van der Waals surface area contributed by atoms with E-state index in [1.807, 2.05) is 30.6 Å². The van der Waals surface area contributed by atoms with Crippen molar-refractivity contribution in [3.8, 4) is 5.82 Å². The van der Waals surface area contributed by atoms with E-state index < -0.39 is 0 Å². The topological polar surface area (TPSA) is 46.0 Å². The summed E-state index contributed by atoms with van der Waals surface area (Å²) in [5.41, 5.74) is 8.06. The summed E-state index contributed by atoms with van der Waals surface area (Å²) >= 11 is 5.90. The minimum absolute atomic E-state index is 0.0420. The van der Waals surface area contributed by atoms with Crippen LogP contribution in [0.25, 0.3) is 5.82 Å². The molecule has 1 saturated heterocycles. The van der Waals surface area contributed by atoms with Crippen molar-refractivity contribution in [1.82, 2.24) is 19.9 Å². The Morgan fingerprint density at radius 2 is 1.74 bits per heavy atom. The molecule has 1 aliphatic rings. The fourth-order valence-corrected chi connectivity index (χ4v) is 5.27. The van der Waals surface area contributed by atoms with Crippen molar-refractivity contribution in [3.63, 3.8) is 0 Å². The van der Waals surface area contributed by atoms with E-state index in [1.165, 1.54) is 16.7 Å². The molecule has 0 radical (unpaired) electrons. The summed E-state index contributed by atoms with van der Waals surface area (Å²) in [6.07, 6.45) is 4.72. The van der Waals surface area contributed by atoms with Gasteiger partial charge in [0.2, 0.25) is 0 Å². The average Bonchev–Trinajstić information content (AvgIpc) is 3.34. The number of hydrogen-bond acceptors (Lipinski definition) is 3. The Bertz CT molecular complexity index is 1330. The molecule has 4 heterocycles. The van der Waals surface area contributed by atoms with E-state index >= 15 is 0 Å². The molecule has 1 aliphatic heterocycles. The summed E-state index contributed by atoms with van der Waals surface area (Å²) < 4.78 is 2.23. The number of aryl methyl sites for hydroxylation is 3. The molecule has 0 amide bonds. The number of anilines is 1. The Labute approximate surface area is 206 Å². The van der Waals surface area contributed by atoms with Crippen molar-refractivity contribution < 1.29 is 0 Å². The molecule has 0 spiro atoms. The van der Waals surface area contributed by atoms with Gasteiger partial charge in [0.1, 0.15) is 5.82 Å². The quantitative estimate of drug-likeness (QED) is 0.369. The molecule has 34 heavy (non-hydrogen) atoms. The van der Waals surface area contributed by atoms with Crippen molar-refractivity contribution in [2.24, 2.45) is 0 Å². The van der Waals surface area contributed by atoms with Crippen LogP contribution < -0.4 is 10.2 Å². The van der Waals surface area contributed by atoms with E-state index in [4.69, 9.17) is 12.2 Å². The van der Waals surface area contributed by atoms with Crippen molar-refractivity contribution >= 4 is 23.0 Å². The number of benzene rings is 1. The molecule has 0 unspecified atom stereocenters. The second kappa shape index (κ2) is 9.03. The van der Waals surface area contributed by atoms with Gasteiger partial charge in [0.25, 0.3) is 0 Å². The minimum Gasteiger partial charge on any atom is -0.351 e. The van der Waals surface area contributed by atoms with Crippen molar-refractivity contribution in [3.05, 3.63) is 107 Å². The summed E-state index contributed by atoms with van der Waals surface area (Å²) in [5.74, 6) is 0.933. The lowest BCUT2D eigenvalue weighted by atomic mass is 9.96. The monoisotopic (exact) mass is 467 g/mol. The number of hydrogen-bond donors (Lipinski definition) is 1. The van der Waals surface area contributed by atoms with Gasteiger partial charge in [-0.1, -0.05) is 25.1 Å². The van der Waals surface area contributed by atoms with Crippen LogP contribution in [-0.4, -0.2) is 19.6 Å². The summed E-state index contributed by atoms with van der Waals surface area (Å²) in [6, 6.07) is 21.1. The highest BCUT2D eigenvalue weighted by atomic mass is 32.1. The Hall–Kier alpha value is -3.51. The van der Waals surface area contributed by atoms with Crippen LogP contribution in [0.1, 0.15) is 52.8 Å². The Balaban J connectivity index is 1.67. The standard InChI is InChI=1S/C28H29N5S/c1-5-21-9-11-22(12-10-21)33-27(26(31-28(33)34)24-8-6-7-14-29-24)23-17-19(3)32(20(23)4)25-16-18(2)13-15-30-25/h6-17,26-27H,5H2,1-4H3,(H,31,34)/t26-,27-/m0/s1. The molecule has 4 aromatic rings. The normalized spacial score (nSPS) is 17.8. The molecule has 5 nitrogen and oxygen atoms in total. The van der Waals surface area contributed by atoms with E-state index in [-0.39, 0.29) is 12.1 Å². The number of rotatable bonds is 5. The molecule has 3 aromatic heterocycles. The number of nitrogens with one attached hydrogen (secondary N) is 1. The number of thiocarbonyl (C=S) groups is 1. The van der Waals surface area contributed by atoms with Gasteiger partial charge >= 0.3 is 0 Å². The molecule has 6 heteroatoms. The summed E-state index contributed by atoms with van der Waals surface area (Å²) in [5, 5.41) is 4.28. The third kappa shape index (κ3) is 3.88. The van der Waals surface area contributed by atoms with Crippen LogP contribution in [-0.2, 0) is 6.42 Å². The zero-order valence-electron chi connectivity index (χ0n) is 20.0. The molecule has 1 N–H and O–H groups in total. The van der Waals surface area contributed by atoms with E-state index in [0.29, 0.717) is 5.11 Å². The molecular formula is C28H29N5S. The second-order valence-electron chi connectivity index (χ2n) is 8.87. The first-order chi connectivity index (χ1) is 16.5. The maximum absolute atomic E-state index is 5.90. The Morgan fingerprint density at radius 3 is 2.41 bits per heavy atom. The Kier molecular flexibility index (Phi) is 5.92. The highest BCUT2D eigenvalue weighted by Crippen LogP contribution is 2.43. The molecule has 5 rings (SSSR count). The van der Waals surface area contributed by atoms with Gasteiger partial charge in [0.05, 0.1) is 17.8 Å². The van der Waals surface area contributed by atoms with E-state index in [0.717, 1.165) is 35.0 Å². The lowest BCUT2D eigenvalue weighted by Gasteiger charge is -2.28. The average molecular weight is 468 g/mol. The molecule has 1 aromatic carbocycles. The molecule has 0 aliphatic carbocycles. The first-order valence-corrected chi connectivity index (χ1v) is 12.1. The number of aromatic nitrogens is 3. The smallest absolute Gasteiger partial charge is 0.174 e. The van der Waals surface area contributed by atoms with E-state index in [9.17, 15) is 0 Å². The van der Waals surface area contributed by atoms with Crippen molar-refractivity contribution in [2.75, 3.05) is 4.90 Å². The third-order valence-electron chi connectivity index (χ3n) is 6.64. The molecule has 2 atom stereocenters. The van der Waals surface area contributed by atoms with E-state index in [2.05, 4.69) is 94.9 Å². The molecular weight excluding hydrogens is 438 g/mol. The van der Waals surface area contributed by atoms with Gasteiger partial charge in [-0.15, -0.1) is 0 Å². The summed E-state index contributed by atoms with van der Waals surface area (Å²) in [7, 11) is 0. The van der Waals surface area contributed by atoms with Crippen LogP contribution in [0, 0.1) is 20.8 Å². The molecule has 172 valence electrons. The highest BCUT2D eigenvalue weighted by Gasteiger charge is 2.42. The third-order valence-corrected chi connectivity index (χ3v) is 6.95. The molecule has 0 saturated carbocycles. The highest BCUT2D eigenvalue weighted by molar-refractivity contribution is 7.80. The summed E-state index contributed by atoms with van der Waals surface area (Å²) in [6.45, 7) is 8.57. The van der Waals surface area contributed by atoms with Gasteiger partial charge in [-0.3, -0.25) is 4.98 Å². The zero-order valence-corrected chi connectivity index (χ0v) is 20.8. The predicted molar refractivity (Wildman–Crippen MR) is 142 cm³/mol. The fourth-order valence-electron chi connectivity index (χ4n) is 4.92. The van der Waals surface area contributed by atoms with Crippen LogP contribution in [0.4, 0.5) is 5.69 Å². The van der Waals surface area contributed by atoms with Gasteiger partial charge < -0.3 is 14.8 Å². The van der Waals surface area contributed by atoms with Crippen LogP contribution in [0.3, 0.4) is 0 Å². The number of nitrogens with zero attached hydrogens (tertiary/aromatic N) is 4. The first-order valence-electron chi connectivity index (χ1n) is 11.7. The minimum atomic E-state index is -0.0704. The molecule has 0 bridgehead atoms. The SMILES string of the molecule is CCc1ccc(N2C(=S)N[C@@H](c3ccccn3)[C@@H]2c2cc(C)n(-c3cc(C)ccn3)c2C)cc1. The van der Waals surface area contributed by atoms with Crippen LogP contribution in [0.15, 0.2) is 73.1 Å². The van der Waals surface area contributed by atoms with Crippen molar-refractivity contribution in [1.29, 1.82) is 0 Å².